The Hall–Kier alpha value is -1.72. The zero-order valence-corrected chi connectivity index (χ0v) is 10.4. The number of hydrogen-bond donors (Lipinski definition) is 1. The fraction of sp³-hybridized carbons (Fsp3) is 0.462. The van der Waals surface area contributed by atoms with Crippen LogP contribution in [0.2, 0.25) is 0 Å². The van der Waals surface area contributed by atoms with Gasteiger partial charge in [-0.2, -0.15) is 13.2 Å². The van der Waals surface area contributed by atoms with Gasteiger partial charge in [-0.15, -0.1) is 0 Å². The van der Waals surface area contributed by atoms with Crippen LogP contribution in [0.15, 0.2) is 18.2 Å². The number of nitrogens with zero attached hydrogens (tertiary/aromatic N) is 1. The highest BCUT2D eigenvalue weighted by Crippen LogP contribution is 2.35. The van der Waals surface area contributed by atoms with Crippen LogP contribution in [0.5, 0.6) is 0 Å². The Labute approximate surface area is 108 Å². The van der Waals surface area contributed by atoms with Crippen LogP contribution in [0.25, 0.3) is 0 Å². The number of aromatic carboxylic acids is 1. The predicted octanol–water partition coefficient (Wildman–Crippen LogP) is 3.39. The molecule has 1 aromatic carbocycles. The molecule has 1 aromatic rings. The topological polar surface area (TPSA) is 40.5 Å². The van der Waals surface area contributed by atoms with Crippen molar-refractivity contribution in [3.63, 3.8) is 0 Å². The van der Waals surface area contributed by atoms with Gasteiger partial charge < -0.3 is 10.0 Å². The van der Waals surface area contributed by atoms with Gasteiger partial charge in [0.25, 0.3) is 0 Å². The van der Waals surface area contributed by atoms with Gasteiger partial charge in [0.1, 0.15) is 0 Å². The first-order valence-electron chi connectivity index (χ1n) is 6.02. The van der Waals surface area contributed by atoms with E-state index in [-0.39, 0.29) is 11.6 Å². The highest BCUT2D eigenvalue weighted by atomic mass is 19.4. The standard InChI is InChI=1S/C13H14F3NO2/c1-8-3-2-6-17(8)11-5-4-9(13(14,15)16)7-10(11)12(18)19/h4-5,7-8H,2-3,6H2,1H3,(H,18,19). The van der Waals surface area contributed by atoms with Crippen LogP contribution in [0.3, 0.4) is 0 Å². The predicted molar refractivity (Wildman–Crippen MR) is 64.4 cm³/mol. The van der Waals surface area contributed by atoms with Crippen molar-refractivity contribution >= 4 is 11.7 Å². The zero-order valence-electron chi connectivity index (χ0n) is 10.4. The van der Waals surface area contributed by atoms with E-state index < -0.39 is 17.7 Å². The maximum Gasteiger partial charge on any atom is 0.416 e. The molecular weight excluding hydrogens is 259 g/mol. The van der Waals surface area contributed by atoms with E-state index in [1.807, 2.05) is 11.8 Å². The molecule has 1 aliphatic heterocycles. The monoisotopic (exact) mass is 273 g/mol. The maximum absolute atomic E-state index is 12.6. The quantitative estimate of drug-likeness (QED) is 0.897. The molecule has 0 amide bonds. The molecule has 0 bridgehead atoms. The van der Waals surface area contributed by atoms with Crippen molar-refractivity contribution < 1.29 is 23.1 Å². The molecule has 0 spiro atoms. The average Bonchev–Trinajstić information content (AvgIpc) is 2.73. The number of hydrogen-bond acceptors (Lipinski definition) is 2. The molecule has 2 rings (SSSR count). The van der Waals surface area contributed by atoms with Crippen molar-refractivity contribution in [2.75, 3.05) is 11.4 Å². The first kappa shape index (κ1) is 13.7. The number of anilines is 1. The summed E-state index contributed by atoms with van der Waals surface area (Å²) >= 11 is 0. The van der Waals surface area contributed by atoms with Crippen molar-refractivity contribution in [2.24, 2.45) is 0 Å². The third kappa shape index (κ3) is 2.67. The largest absolute Gasteiger partial charge is 0.478 e. The summed E-state index contributed by atoms with van der Waals surface area (Å²) in [5.74, 6) is -1.33. The fourth-order valence-corrected chi connectivity index (χ4v) is 2.43. The molecular formula is C13H14F3NO2. The molecule has 0 radical (unpaired) electrons. The van der Waals surface area contributed by atoms with Gasteiger partial charge in [-0.25, -0.2) is 4.79 Å². The minimum Gasteiger partial charge on any atom is -0.478 e. The molecule has 0 aliphatic carbocycles. The Bertz CT molecular complexity index is 499. The van der Waals surface area contributed by atoms with Crippen molar-refractivity contribution in [1.82, 2.24) is 0 Å². The van der Waals surface area contributed by atoms with E-state index in [0.717, 1.165) is 18.9 Å². The smallest absolute Gasteiger partial charge is 0.416 e. The molecule has 0 saturated carbocycles. The first-order valence-corrected chi connectivity index (χ1v) is 6.02. The Morgan fingerprint density at radius 2 is 2.11 bits per heavy atom. The van der Waals surface area contributed by atoms with Gasteiger partial charge in [-0.05, 0) is 38.0 Å². The second-order valence-electron chi connectivity index (χ2n) is 4.72. The van der Waals surface area contributed by atoms with Crippen LogP contribution in [-0.2, 0) is 6.18 Å². The van der Waals surface area contributed by atoms with E-state index in [9.17, 15) is 18.0 Å². The molecule has 104 valence electrons. The molecule has 1 fully saturated rings. The number of alkyl halides is 3. The van der Waals surface area contributed by atoms with Crippen molar-refractivity contribution in [2.45, 2.75) is 32.0 Å². The average molecular weight is 273 g/mol. The number of benzene rings is 1. The Morgan fingerprint density at radius 3 is 2.58 bits per heavy atom. The second-order valence-corrected chi connectivity index (χ2v) is 4.72. The van der Waals surface area contributed by atoms with Crippen LogP contribution in [0.4, 0.5) is 18.9 Å². The molecule has 1 aliphatic rings. The van der Waals surface area contributed by atoms with Crippen molar-refractivity contribution in [1.29, 1.82) is 0 Å². The highest BCUT2D eigenvalue weighted by Gasteiger charge is 2.33. The number of carbonyl (C=O) groups is 1. The van der Waals surface area contributed by atoms with Crippen molar-refractivity contribution in [3.8, 4) is 0 Å². The Kier molecular flexibility index (Phi) is 3.43. The zero-order chi connectivity index (χ0) is 14.2. The van der Waals surface area contributed by atoms with E-state index in [1.54, 1.807) is 0 Å². The maximum atomic E-state index is 12.6. The highest BCUT2D eigenvalue weighted by molar-refractivity contribution is 5.95. The SMILES string of the molecule is CC1CCCN1c1ccc(C(F)(F)F)cc1C(=O)O. The molecule has 1 saturated heterocycles. The number of carboxylic acids is 1. The number of carboxylic acid groups (broad SMARTS) is 1. The van der Waals surface area contributed by atoms with Gasteiger partial charge in [0, 0.05) is 12.6 Å². The molecule has 19 heavy (non-hydrogen) atoms. The summed E-state index contributed by atoms with van der Waals surface area (Å²) in [6.07, 6.45) is -2.69. The van der Waals surface area contributed by atoms with Crippen LogP contribution in [0, 0.1) is 0 Å². The normalized spacial score (nSPS) is 19.8. The molecule has 0 aromatic heterocycles. The lowest BCUT2D eigenvalue weighted by Gasteiger charge is -2.26. The van der Waals surface area contributed by atoms with E-state index >= 15 is 0 Å². The van der Waals surface area contributed by atoms with Crippen LogP contribution in [-0.4, -0.2) is 23.7 Å². The summed E-state index contributed by atoms with van der Waals surface area (Å²) in [7, 11) is 0. The van der Waals surface area contributed by atoms with Gasteiger partial charge in [-0.1, -0.05) is 0 Å². The third-order valence-electron chi connectivity index (χ3n) is 3.42. The van der Waals surface area contributed by atoms with Crippen LogP contribution in [0.1, 0.15) is 35.7 Å². The minimum absolute atomic E-state index is 0.148. The fourth-order valence-electron chi connectivity index (χ4n) is 2.43. The summed E-state index contributed by atoms with van der Waals surface area (Å²) in [6, 6.07) is 3.05. The lowest BCUT2D eigenvalue weighted by Crippen LogP contribution is -2.28. The molecule has 6 heteroatoms. The van der Waals surface area contributed by atoms with Crippen LogP contribution >= 0.6 is 0 Å². The van der Waals surface area contributed by atoms with Gasteiger partial charge in [0.2, 0.25) is 0 Å². The first-order chi connectivity index (χ1) is 8.80. The molecule has 3 nitrogen and oxygen atoms in total. The van der Waals surface area contributed by atoms with Gasteiger partial charge in [0.15, 0.2) is 0 Å². The Morgan fingerprint density at radius 1 is 1.42 bits per heavy atom. The van der Waals surface area contributed by atoms with Gasteiger partial charge >= 0.3 is 12.1 Å². The number of rotatable bonds is 2. The number of halogens is 3. The summed E-state index contributed by atoms with van der Waals surface area (Å²) in [5, 5.41) is 9.11. The molecule has 1 N–H and O–H groups in total. The molecule has 1 heterocycles. The van der Waals surface area contributed by atoms with E-state index in [0.29, 0.717) is 18.3 Å². The second kappa shape index (κ2) is 4.75. The minimum atomic E-state index is -4.53. The van der Waals surface area contributed by atoms with Crippen molar-refractivity contribution in [3.05, 3.63) is 29.3 Å². The summed E-state index contributed by atoms with van der Waals surface area (Å²) in [4.78, 5) is 13.0. The summed E-state index contributed by atoms with van der Waals surface area (Å²) in [6.45, 7) is 2.61. The molecule has 1 unspecified atom stereocenters. The summed E-state index contributed by atoms with van der Waals surface area (Å²) in [5.41, 5.74) is -0.852. The third-order valence-corrected chi connectivity index (χ3v) is 3.42. The lowest BCUT2D eigenvalue weighted by atomic mass is 10.1. The van der Waals surface area contributed by atoms with Gasteiger partial charge in [0.05, 0.1) is 16.8 Å². The van der Waals surface area contributed by atoms with Crippen LogP contribution < -0.4 is 4.90 Å². The summed E-state index contributed by atoms with van der Waals surface area (Å²) < 4.78 is 37.8. The van der Waals surface area contributed by atoms with E-state index in [1.165, 1.54) is 6.07 Å². The van der Waals surface area contributed by atoms with Gasteiger partial charge in [-0.3, -0.25) is 0 Å². The lowest BCUT2D eigenvalue weighted by molar-refractivity contribution is -0.137. The van der Waals surface area contributed by atoms with E-state index in [2.05, 4.69) is 0 Å². The van der Waals surface area contributed by atoms with E-state index in [4.69, 9.17) is 5.11 Å². The Balaban J connectivity index is 2.47. The molecule has 1 atom stereocenters.